The van der Waals surface area contributed by atoms with Gasteiger partial charge < -0.3 is 9.88 Å². The van der Waals surface area contributed by atoms with Gasteiger partial charge in [-0.3, -0.25) is 4.79 Å². The number of amides is 1. The van der Waals surface area contributed by atoms with Gasteiger partial charge in [-0.25, -0.2) is 4.98 Å². The van der Waals surface area contributed by atoms with Crippen LogP contribution in [0.4, 0.5) is 0 Å². The number of para-hydroxylation sites is 2. The van der Waals surface area contributed by atoms with E-state index in [9.17, 15) is 4.79 Å². The first kappa shape index (κ1) is 17.2. The van der Waals surface area contributed by atoms with E-state index in [1.807, 2.05) is 53.9 Å². The third-order valence-corrected chi connectivity index (χ3v) is 5.15. The van der Waals surface area contributed by atoms with Gasteiger partial charge in [-0.15, -0.1) is 11.3 Å². The van der Waals surface area contributed by atoms with Crippen molar-refractivity contribution in [2.45, 2.75) is 13.1 Å². The van der Waals surface area contributed by atoms with E-state index < -0.39 is 0 Å². The molecule has 0 atom stereocenters. The summed E-state index contributed by atoms with van der Waals surface area (Å²) in [5.41, 5.74) is 3.16. The maximum absolute atomic E-state index is 12.3. The minimum absolute atomic E-state index is 0.0663. The van der Waals surface area contributed by atoms with Crippen molar-refractivity contribution in [2.75, 3.05) is 0 Å². The summed E-state index contributed by atoms with van der Waals surface area (Å²) in [6, 6.07) is 22.0. The Morgan fingerprint density at radius 3 is 2.67 bits per heavy atom. The lowest BCUT2D eigenvalue weighted by molar-refractivity contribution is 0.0953. The molecule has 0 aliphatic heterocycles. The predicted octanol–water partition coefficient (Wildman–Crippen LogP) is 4.74. The van der Waals surface area contributed by atoms with Gasteiger partial charge in [0.25, 0.3) is 5.91 Å². The first-order valence-electron chi connectivity index (χ1n) is 8.79. The van der Waals surface area contributed by atoms with Crippen molar-refractivity contribution < 1.29 is 4.79 Å². The minimum atomic E-state index is -0.0663. The van der Waals surface area contributed by atoms with Crippen molar-refractivity contribution in [2.24, 2.45) is 0 Å². The monoisotopic (exact) mass is 373 g/mol. The van der Waals surface area contributed by atoms with Crippen molar-refractivity contribution in [3.8, 4) is 0 Å². The SMILES string of the molecule is O=C(NCc1nc2ccccc2n1C/C=C/c1ccccc1)c1cccs1. The van der Waals surface area contributed by atoms with Crippen LogP contribution in [0.3, 0.4) is 0 Å². The summed E-state index contributed by atoms with van der Waals surface area (Å²) in [7, 11) is 0. The average molecular weight is 373 g/mol. The Labute approximate surface area is 161 Å². The number of nitrogens with one attached hydrogen (secondary N) is 1. The highest BCUT2D eigenvalue weighted by Crippen LogP contribution is 2.17. The molecule has 2 heterocycles. The number of carbonyl (C=O) groups excluding carboxylic acids is 1. The summed E-state index contributed by atoms with van der Waals surface area (Å²) < 4.78 is 2.14. The van der Waals surface area contributed by atoms with Crippen LogP contribution in [0, 0.1) is 0 Å². The largest absolute Gasteiger partial charge is 0.344 e. The van der Waals surface area contributed by atoms with Crippen LogP contribution in [-0.4, -0.2) is 15.5 Å². The first-order chi connectivity index (χ1) is 13.3. The lowest BCUT2D eigenvalue weighted by atomic mass is 10.2. The van der Waals surface area contributed by atoms with Crippen LogP contribution in [0.15, 0.2) is 78.2 Å². The molecule has 27 heavy (non-hydrogen) atoms. The molecule has 0 saturated heterocycles. The number of imidazole rings is 1. The third kappa shape index (κ3) is 3.99. The highest BCUT2D eigenvalue weighted by Gasteiger charge is 2.12. The molecule has 2 aromatic heterocycles. The Kier molecular flexibility index (Phi) is 5.12. The molecular formula is C22H19N3OS. The molecule has 0 spiro atoms. The molecule has 0 aliphatic rings. The number of carbonyl (C=O) groups is 1. The fourth-order valence-electron chi connectivity index (χ4n) is 2.98. The van der Waals surface area contributed by atoms with Crippen LogP contribution in [0.25, 0.3) is 17.1 Å². The molecule has 4 nitrogen and oxygen atoms in total. The number of fused-ring (bicyclic) bond motifs is 1. The molecule has 0 fully saturated rings. The smallest absolute Gasteiger partial charge is 0.261 e. The molecule has 0 radical (unpaired) electrons. The lowest BCUT2D eigenvalue weighted by Gasteiger charge is -2.08. The number of allylic oxidation sites excluding steroid dienone is 1. The average Bonchev–Trinajstić information content (AvgIpc) is 3.36. The van der Waals surface area contributed by atoms with Gasteiger partial charge in [-0.2, -0.15) is 0 Å². The maximum Gasteiger partial charge on any atom is 0.261 e. The van der Waals surface area contributed by atoms with Crippen molar-refractivity contribution in [3.05, 3.63) is 94.5 Å². The van der Waals surface area contributed by atoms with E-state index in [2.05, 4.69) is 40.2 Å². The molecule has 2 aromatic carbocycles. The molecule has 0 saturated carbocycles. The van der Waals surface area contributed by atoms with E-state index in [0.29, 0.717) is 18.0 Å². The quantitative estimate of drug-likeness (QED) is 0.531. The van der Waals surface area contributed by atoms with Crippen LogP contribution >= 0.6 is 11.3 Å². The summed E-state index contributed by atoms with van der Waals surface area (Å²) in [4.78, 5) is 17.7. The lowest BCUT2D eigenvalue weighted by Crippen LogP contribution is -2.23. The Bertz CT molecular complexity index is 1070. The van der Waals surface area contributed by atoms with Crippen molar-refractivity contribution >= 4 is 34.4 Å². The number of thiophene rings is 1. The first-order valence-corrected chi connectivity index (χ1v) is 9.66. The molecule has 5 heteroatoms. The predicted molar refractivity (Wildman–Crippen MR) is 111 cm³/mol. The van der Waals surface area contributed by atoms with Crippen molar-refractivity contribution in [1.82, 2.24) is 14.9 Å². The molecule has 4 rings (SSSR count). The number of benzene rings is 2. The zero-order valence-electron chi connectivity index (χ0n) is 14.7. The van der Waals surface area contributed by atoms with E-state index >= 15 is 0 Å². The van der Waals surface area contributed by atoms with Crippen molar-refractivity contribution in [1.29, 1.82) is 0 Å². The molecule has 0 aliphatic carbocycles. The topological polar surface area (TPSA) is 46.9 Å². The second kappa shape index (κ2) is 8.01. The summed E-state index contributed by atoms with van der Waals surface area (Å²) in [6.07, 6.45) is 4.22. The van der Waals surface area contributed by atoms with Gasteiger partial charge in [0.05, 0.1) is 22.5 Å². The molecule has 0 bridgehead atoms. The Morgan fingerprint density at radius 2 is 1.85 bits per heavy atom. The van der Waals surface area contributed by atoms with Crippen LogP contribution in [0.2, 0.25) is 0 Å². The highest BCUT2D eigenvalue weighted by atomic mass is 32.1. The molecule has 134 valence electrons. The van der Waals surface area contributed by atoms with Gasteiger partial charge in [0.2, 0.25) is 0 Å². The van der Waals surface area contributed by atoms with Crippen LogP contribution in [0.5, 0.6) is 0 Å². The van der Waals surface area contributed by atoms with E-state index in [0.717, 1.165) is 22.4 Å². The normalized spacial score (nSPS) is 11.3. The van der Waals surface area contributed by atoms with Crippen LogP contribution in [0.1, 0.15) is 21.1 Å². The zero-order valence-corrected chi connectivity index (χ0v) is 15.5. The number of hydrogen-bond acceptors (Lipinski definition) is 3. The fourth-order valence-corrected chi connectivity index (χ4v) is 3.62. The van der Waals surface area contributed by atoms with E-state index in [1.54, 1.807) is 0 Å². The summed E-state index contributed by atoms with van der Waals surface area (Å²) in [5.74, 6) is 0.780. The minimum Gasteiger partial charge on any atom is -0.344 e. The zero-order chi connectivity index (χ0) is 18.5. The second-order valence-corrected chi connectivity index (χ2v) is 7.05. The van der Waals surface area contributed by atoms with Gasteiger partial charge >= 0.3 is 0 Å². The Balaban J connectivity index is 1.55. The standard InChI is InChI=1S/C22H19N3OS/c26-22(20-13-7-15-27-20)23-16-21-24-18-11-4-5-12-19(18)25(21)14-6-10-17-8-2-1-3-9-17/h1-13,15H,14,16H2,(H,23,26)/b10-6+. The van der Waals surface area contributed by atoms with Gasteiger partial charge in [-0.05, 0) is 29.1 Å². The highest BCUT2D eigenvalue weighted by molar-refractivity contribution is 7.12. The summed E-state index contributed by atoms with van der Waals surface area (Å²) in [5, 5.41) is 4.88. The maximum atomic E-state index is 12.3. The van der Waals surface area contributed by atoms with Crippen LogP contribution in [-0.2, 0) is 13.1 Å². The fraction of sp³-hybridized carbons (Fsp3) is 0.0909. The second-order valence-electron chi connectivity index (χ2n) is 6.10. The van der Waals surface area contributed by atoms with E-state index in [1.165, 1.54) is 11.3 Å². The third-order valence-electron chi connectivity index (χ3n) is 4.28. The van der Waals surface area contributed by atoms with Gasteiger partial charge in [0, 0.05) is 6.54 Å². The number of aromatic nitrogens is 2. The molecule has 0 unspecified atom stereocenters. The Hall–Kier alpha value is -3.18. The Morgan fingerprint density at radius 1 is 1.04 bits per heavy atom. The molecular weight excluding hydrogens is 354 g/mol. The molecule has 4 aromatic rings. The molecule has 1 amide bonds. The summed E-state index contributed by atoms with van der Waals surface area (Å²) >= 11 is 1.44. The van der Waals surface area contributed by atoms with Gasteiger partial charge in [-0.1, -0.05) is 60.7 Å². The van der Waals surface area contributed by atoms with Crippen LogP contribution < -0.4 is 5.32 Å². The van der Waals surface area contributed by atoms with E-state index in [-0.39, 0.29) is 5.91 Å². The van der Waals surface area contributed by atoms with Gasteiger partial charge in [0.15, 0.2) is 0 Å². The van der Waals surface area contributed by atoms with Gasteiger partial charge in [0.1, 0.15) is 5.82 Å². The van der Waals surface area contributed by atoms with E-state index in [4.69, 9.17) is 4.98 Å². The number of nitrogens with zero attached hydrogens (tertiary/aromatic N) is 2. The molecule has 1 N–H and O–H groups in total. The van der Waals surface area contributed by atoms with Crippen molar-refractivity contribution in [3.63, 3.8) is 0 Å². The number of rotatable bonds is 6. The number of hydrogen-bond donors (Lipinski definition) is 1. The summed E-state index contributed by atoms with van der Waals surface area (Å²) in [6.45, 7) is 1.09.